The number of halogens is 2. The number of pyridine rings is 1. The number of aromatic nitrogens is 3. The Morgan fingerprint density at radius 1 is 1.16 bits per heavy atom. The largest absolute Gasteiger partial charge is 0.435 e. The second-order valence-electron chi connectivity index (χ2n) is 4.62. The van der Waals surface area contributed by atoms with Crippen molar-refractivity contribution >= 4 is 26.7 Å². The van der Waals surface area contributed by atoms with Gasteiger partial charge in [0.05, 0.1) is 0 Å². The summed E-state index contributed by atoms with van der Waals surface area (Å²) in [6.45, 7) is -2.91. The molecule has 0 aliphatic rings. The van der Waals surface area contributed by atoms with Crippen molar-refractivity contribution in [3.63, 3.8) is 0 Å². The van der Waals surface area contributed by atoms with E-state index in [2.05, 4.69) is 23.8 Å². The zero-order valence-electron chi connectivity index (χ0n) is 12.3. The lowest BCUT2D eigenvalue weighted by Crippen LogP contribution is -2.12. The Kier molecular flexibility index (Phi) is 4.86. The number of benzene rings is 1. The number of hydrogen-bond donors (Lipinski definition) is 1. The Balaban J connectivity index is 1.76. The summed E-state index contributed by atoms with van der Waals surface area (Å²) in [5, 5.41) is 0.0757. The van der Waals surface area contributed by atoms with Crippen LogP contribution in [0.5, 0.6) is 5.75 Å². The Labute approximate surface area is 145 Å². The molecule has 1 aromatic carbocycles. The number of nitrogens with one attached hydrogen (secondary N) is 1. The molecule has 11 heteroatoms. The molecule has 0 radical (unpaired) electrons. The van der Waals surface area contributed by atoms with Crippen molar-refractivity contribution in [1.29, 1.82) is 0 Å². The van der Waals surface area contributed by atoms with Crippen LogP contribution < -0.4 is 9.46 Å². The number of ether oxygens (including phenoxy) is 1. The Morgan fingerprint density at radius 3 is 2.56 bits per heavy atom. The van der Waals surface area contributed by atoms with Crippen LogP contribution in [-0.4, -0.2) is 29.4 Å². The molecular weight excluding hydrogens is 374 g/mol. The molecule has 25 heavy (non-hydrogen) atoms. The third kappa shape index (κ3) is 4.25. The predicted octanol–water partition coefficient (Wildman–Crippen LogP) is 3.00. The molecule has 0 aliphatic heterocycles. The fraction of sp³-hybridized carbons (Fsp3) is 0.0714. The van der Waals surface area contributed by atoms with Gasteiger partial charge in [-0.1, -0.05) is 0 Å². The highest BCUT2D eigenvalue weighted by Gasteiger charge is 2.17. The molecule has 130 valence electrons. The van der Waals surface area contributed by atoms with Crippen molar-refractivity contribution in [3.05, 3.63) is 48.8 Å². The number of alkyl halides is 2. The maximum Gasteiger partial charge on any atom is 0.387 e. The van der Waals surface area contributed by atoms with Crippen LogP contribution in [-0.2, 0) is 10.0 Å². The standard InChI is InChI=1S/C14H10F2N4O3S2/c15-13(16)23-10-5-3-9(4-6-10)12-18-14(24-19-12)20-25(21,22)11-2-1-7-17-8-11/h1-8,13H,(H,18,19,20). The third-order valence-electron chi connectivity index (χ3n) is 2.93. The summed E-state index contributed by atoms with van der Waals surface area (Å²) in [7, 11) is -3.81. The summed E-state index contributed by atoms with van der Waals surface area (Å²) in [5.41, 5.74) is 0.532. The van der Waals surface area contributed by atoms with Gasteiger partial charge in [0.25, 0.3) is 10.0 Å². The van der Waals surface area contributed by atoms with Crippen molar-refractivity contribution in [2.45, 2.75) is 11.5 Å². The van der Waals surface area contributed by atoms with Gasteiger partial charge in [-0.3, -0.25) is 9.71 Å². The van der Waals surface area contributed by atoms with Crippen LogP contribution in [0.2, 0.25) is 0 Å². The number of rotatable bonds is 6. The normalized spacial score (nSPS) is 11.5. The van der Waals surface area contributed by atoms with E-state index in [1.807, 2.05) is 0 Å². The zero-order chi connectivity index (χ0) is 17.9. The van der Waals surface area contributed by atoms with Crippen molar-refractivity contribution in [2.75, 3.05) is 4.72 Å². The summed E-state index contributed by atoms with van der Waals surface area (Å²) in [6, 6.07) is 8.60. The van der Waals surface area contributed by atoms with Gasteiger partial charge in [0.1, 0.15) is 10.6 Å². The highest BCUT2D eigenvalue weighted by molar-refractivity contribution is 7.93. The number of sulfonamides is 1. The molecule has 0 unspecified atom stereocenters. The fourth-order valence-corrected chi connectivity index (χ4v) is 3.62. The van der Waals surface area contributed by atoms with Gasteiger partial charge < -0.3 is 4.74 Å². The number of anilines is 1. The molecule has 3 aromatic rings. The summed E-state index contributed by atoms with van der Waals surface area (Å²) in [6.07, 6.45) is 2.68. The molecule has 0 amide bonds. The average molecular weight is 384 g/mol. The third-order valence-corrected chi connectivity index (χ3v) is 5.01. The van der Waals surface area contributed by atoms with Crippen molar-refractivity contribution < 1.29 is 21.9 Å². The Morgan fingerprint density at radius 2 is 1.92 bits per heavy atom. The topological polar surface area (TPSA) is 94.1 Å². The van der Waals surface area contributed by atoms with Crippen LogP contribution in [0, 0.1) is 0 Å². The number of hydrogen-bond acceptors (Lipinski definition) is 7. The first kappa shape index (κ1) is 17.2. The van der Waals surface area contributed by atoms with E-state index >= 15 is 0 Å². The van der Waals surface area contributed by atoms with Gasteiger partial charge in [-0.15, -0.1) is 0 Å². The quantitative estimate of drug-likeness (QED) is 0.702. The van der Waals surface area contributed by atoms with E-state index in [1.54, 1.807) is 0 Å². The molecule has 0 saturated carbocycles. The fourth-order valence-electron chi connectivity index (χ4n) is 1.85. The minimum Gasteiger partial charge on any atom is -0.435 e. The molecule has 2 aromatic heterocycles. The van der Waals surface area contributed by atoms with Gasteiger partial charge in [0.2, 0.25) is 5.13 Å². The van der Waals surface area contributed by atoms with Gasteiger partial charge in [-0.25, -0.2) is 8.42 Å². The summed E-state index contributed by atoms with van der Waals surface area (Å²) in [4.78, 5) is 7.85. The molecule has 3 rings (SSSR count). The first-order valence-corrected chi connectivity index (χ1v) is 9.01. The van der Waals surface area contributed by atoms with Crippen molar-refractivity contribution in [1.82, 2.24) is 14.3 Å². The summed E-state index contributed by atoms with van der Waals surface area (Å²) < 4.78 is 59.3. The smallest absolute Gasteiger partial charge is 0.387 e. The highest BCUT2D eigenvalue weighted by Crippen LogP contribution is 2.25. The van der Waals surface area contributed by atoms with E-state index in [-0.39, 0.29) is 21.6 Å². The summed E-state index contributed by atoms with van der Waals surface area (Å²) >= 11 is 0.858. The predicted molar refractivity (Wildman–Crippen MR) is 87.0 cm³/mol. The van der Waals surface area contributed by atoms with Crippen LogP contribution in [0.1, 0.15) is 0 Å². The first-order chi connectivity index (χ1) is 11.9. The molecule has 7 nitrogen and oxygen atoms in total. The monoisotopic (exact) mass is 384 g/mol. The molecular formula is C14H10F2N4O3S2. The lowest BCUT2D eigenvalue weighted by molar-refractivity contribution is -0.0498. The maximum absolute atomic E-state index is 12.2. The molecule has 0 spiro atoms. The lowest BCUT2D eigenvalue weighted by atomic mass is 10.2. The molecule has 0 saturated heterocycles. The van der Waals surface area contributed by atoms with Gasteiger partial charge in [-0.2, -0.15) is 18.1 Å². The second kappa shape index (κ2) is 7.07. The van der Waals surface area contributed by atoms with E-state index in [1.165, 1.54) is 48.8 Å². The van der Waals surface area contributed by atoms with Gasteiger partial charge in [0, 0.05) is 29.5 Å². The van der Waals surface area contributed by atoms with Crippen LogP contribution >= 0.6 is 11.5 Å². The second-order valence-corrected chi connectivity index (χ2v) is 7.05. The zero-order valence-corrected chi connectivity index (χ0v) is 14.0. The molecule has 1 N–H and O–H groups in total. The molecule has 0 bridgehead atoms. The SMILES string of the molecule is O=S(=O)(Nc1nc(-c2ccc(OC(F)F)cc2)ns1)c1cccnc1. The minimum absolute atomic E-state index is 0.000232. The van der Waals surface area contributed by atoms with E-state index in [9.17, 15) is 17.2 Å². The van der Waals surface area contributed by atoms with E-state index in [4.69, 9.17) is 0 Å². The van der Waals surface area contributed by atoms with E-state index in [0.717, 1.165) is 11.5 Å². The average Bonchev–Trinajstić information content (AvgIpc) is 3.03. The minimum atomic E-state index is -3.81. The number of nitrogens with zero attached hydrogens (tertiary/aromatic N) is 3. The van der Waals surface area contributed by atoms with Crippen molar-refractivity contribution in [3.8, 4) is 17.1 Å². The van der Waals surface area contributed by atoms with E-state index < -0.39 is 16.6 Å². The Hall–Kier alpha value is -2.66. The molecule has 2 heterocycles. The van der Waals surface area contributed by atoms with Gasteiger partial charge in [-0.05, 0) is 36.4 Å². The van der Waals surface area contributed by atoms with Crippen LogP contribution in [0.15, 0.2) is 53.7 Å². The molecule has 0 aliphatic carbocycles. The Bertz CT molecular complexity index is 948. The van der Waals surface area contributed by atoms with Gasteiger partial charge >= 0.3 is 6.61 Å². The molecule has 0 atom stereocenters. The van der Waals surface area contributed by atoms with Gasteiger partial charge in [0.15, 0.2) is 5.82 Å². The highest BCUT2D eigenvalue weighted by atomic mass is 32.2. The summed E-state index contributed by atoms with van der Waals surface area (Å²) in [5.74, 6) is 0.268. The first-order valence-electron chi connectivity index (χ1n) is 6.76. The van der Waals surface area contributed by atoms with Crippen LogP contribution in [0.4, 0.5) is 13.9 Å². The van der Waals surface area contributed by atoms with E-state index in [0.29, 0.717) is 5.56 Å². The van der Waals surface area contributed by atoms with Crippen molar-refractivity contribution in [2.24, 2.45) is 0 Å². The van der Waals surface area contributed by atoms with Crippen LogP contribution in [0.25, 0.3) is 11.4 Å². The van der Waals surface area contributed by atoms with Crippen LogP contribution in [0.3, 0.4) is 0 Å². The lowest BCUT2D eigenvalue weighted by Gasteiger charge is -2.04. The maximum atomic E-state index is 12.2. The molecule has 0 fully saturated rings.